The van der Waals surface area contributed by atoms with Gasteiger partial charge in [0.15, 0.2) is 0 Å². The number of benzene rings is 1. The molecule has 0 aliphatic rings. The summed E-state index contributed by atoms with van der Waals surface area (Å²) in [6, 6.07) is 6.13. The van der Waals surface area contributed by atoms with E-state index in [2.05, 4.69) is 19.1 Å². The van der Waals surface area contributed by atoms with Crippen molar-refractivity contribution < 1.29 is 4.79 Å². The molecule has 0 aliphatic heterocycles. The smallest absolute Gasteiger partial charge is 0.254 e. The summed E-state index contributed by atoms with van der Waals surface area (Å²) in [5, 5.41) is 0. The molecule has 88 valence electrons. The highest BCUT2D eigenvalue weighted by atomic mass is 16.2. The van der Waals surface area contributed by atoms with Gasteiger partial charge in [-0.3, -0.25) is 4.79 Å². The summed E-state index contributed by atoms with van der Waals surface area (Å²) in [7, 11) is 0. The maximum Gasteiger partial charge on any atom is 0.254 e. The Morgan fingerprint density at radius 2 is 1.81 bits per heavy atom. The van der Waals surface area contributed by atoms with Gasteiger partial charge in [-0.15, -0.1) is 0 Å². The molecule has 0 aliphatic carbocycles. The Balaban J connectivity index is 3.10. The third-order valence-corrected chi connectivity index (χ3v) is 2.93. The molecule has 0 aromatic heterocycles. The third kappa shape index (κ3) is 2.63. The summed E-state index contributed by atoms with van der Waals surface area (Å²) >= 11 is 0. The van der Waals surface area contributed by atoms with Gasteiger partial charge in [-0.2, -0.15) is 0 Å². The Morgan fingerprint density at radius 3 is 2.31 bits per heavy atom. The molecular formula is C14H21NO. The molecule has 0 fully saturated rings. The maximum absolute atomic E-state index is 12.3. The van der Waals surface area contributed by atoms with Crippen LogP contribution in [0.3, 0.4) is 0 Å². The van der Waals surface area contributed by atoms with Crippen LogP contribution in [0.1, 0.15) is 42.3 Å². The molecule has 0 saturated carbocycles. The number of nitrogens with zero attached hydrogens (tertiary/aromatic N) is 1. The SMILES string of the molecule is CCc1ccc(C)cc1C(=O)N(CC)CC. The van der Waals surface area contributed by atoms with Crippen molar-refractivity contribution in [3.63, 3.8) is 0 Å². The van der Waals surface area contributed by atoms with Crippen LogP contribution in [0.4, 0.5) is 0 Å². The molecule has 2 heteroatoms. The van der Waals surface area contributed by atoms with Crippen LogP contribution in [-0.4, -0.2) is 23.9 Å². The molecule has 1 aromatic carbocycles. The van der Waals surface area contributed by atoms with Crippen molar-refractivity contribution >= 4 is 5.91 Å². The lowest BCUT2D eigenvalue weighted by Crippen LogP contribution is -2.31. The van der Waals surface area contributed by atoms with Crippen LogP contribution in [-0.2, 0) is 6.42 Å². The fourth-order valence-corrected chi connectivity index (χ4v) is 1.88. The molecule has 1 rings (SSSR count). The number of carbonyl (C=O) groups excluding carboxylic acids is 1. The van der Waals surface area contributed by atoms with Crippen molar-refractivity contribution in [3.8, 4) is 0 Å². The summed E-state index contributed by atoms with van der Waals surface area (Å²) < 4.78 is 0. The second-order valence-electron chi connectivity index (χ2n) is 3.99. The Labute approximate surface area is 98.3 Å². The first-order chi connectivity index (χ1) is 7.63. The molecule has 1 amide bonds. The molecule has 0 saturated heterocycles. The highest BCUT2D eigenvalue weighted by molar-refractivity contribution is 5.95. The summed E-state index contributed by atoms with van der Waals surface area (Å²) in [4.78, 5) is 14.1. The van der Waals surface area contributed by atoms with E-state index in [0.717, 1.165) is 36.2 Å². The van der Waals surface area contributed by atoms with Crippen LogP contribution >= 0.6 is 0 Å². The monoisotopic (exact) mass is 219 g/mol. The van der Waals surface area contributed by atoms with Gasteiger partial charge in [0.2, 0.25) is 0 Å². The molecule has 0 unspecified atom stereocenters. The minimum Gasteiger partial charge on any atom is -0.339 e. The topological polar surface area (TPSA) is 20.3 Å². The van der Waals surface area contributed by atoms with Crippen LogP contribution in [0.5, 0.6) is 0 Å². The number of hydrogen-bond donors (Lipinski definition) is 0. The Hall–Kier alpha value is -1.31. The van der Waals surface area contributed by atoms with Crippen LogP contribution < -0.4 is 0 Å². The number of hydrogen-bond acceptors (Lipinski definition) is 1. The predicted octanol–water partition coefficient (Wildman–Crippen LogP) is 3.04. The molecular weight excluding hydrogens is 198 g/mol. The second kappa shape index (κ2) is 5.69. The molecule has 0 heterocycles. The first-order valence-electron chi connectivity index (χ1n) is 6.02. The normalized spacial score (nSPS) is 10.2. The standard InChI is InChI=1S/C14H21NO/c1-5-12-9-8-11(4)10-13(12)14(16)15(6-2)7-3/h8-10H,5-7H2,1-4H3. The first kappa shape index (κ1) is 12.8. The molecule has 0 radical (unpaired) electrons. The highest BCUT2D eigenvalue weighted by Crippen LogP contribution is 2.15. The summed E-state index contributed by atoms with van der Waals surface area (Å²) in [5.74, 6) is 0.158. The molecule has 0 atom stereocenters. The molecule has 0 bridgehead atoms. The van der Waals surface area contributed by atoms with E-state index in [-0.39, 0.29) is 5.91 Å². The molecule has 0 spiro atoms. The Morgan fingerprint density at radius 1 is 1.19 bits per heavy atom. The van der Waals surface area contributed by atoms with Gasteiger partial charge in [0, 0.05) is 18.7 Å². The average molecular weight is 219 g/mol. The van der Waals surface area contributed by atoms with Gasteiger partial charge < -0.3 is 4.90 Å². The number of rotatable bonds is 4. The largest absolute Gasteiger partial charge is 0.339 e. The fourth-order valence-electron chi connectivity index (χ4n) is 1.88. The average Bonchev–Trinajstić information content (AvgIpc) is 2.30. The second-order valence-corrected chi connectivity index (χ2v) is 3.99. The van der Waals surface area contributed by atoms with E-state index >= 15 is 0 Å². The van der Waals surface area contributed by atoms with Crippen LogP contribution in [0.25, 0.3) is 0 Å². The van der Waals surface area contributed by atoms with E-state index in [1.54, 1.807) is 0 Å². The minimum atomic E-state index is 0.158. The molecule has 16 heavy (non-hydrogen) atoms. The third-order valence-electron chi connectivity index (χ3n) is 2.93. The molecule has 2 nitrogen and oxygen atoms in total. The van der Waals surface area contributed by atoms with Crippen molar-refractivity contribution in [2.75, 3.05) is 13.1 Å². The van der Waals surface area contributed by atoms with Crippen LogP contribution in [0.15, 0.2) is 18.2 Å². The van der Waals surface area contributed by atoms with Crippen molar-refractivity contribution in [2.24, 2.45) is 0 Å². The van der Waals surface area contributed by atoms with E-state index in [0.29, 0.717) is 0 Å². The fraction of sp³-hybridized carbons (Fsp3) is 0.500. The van der Waals surface area contributed by atoms with E-state index in [1.807, 2.05) is 31.7 Å². The van der Waals surface area contributed by atoms with Gasteiger partial charge in [-0.25, -0.2) is 0 Å². The van der Waals surface area contributed by atoms with Gasteiger partial charge in [-0.05, 0) is 38.8 Å². The minimum absolute atomic E-state index is 0.158. The Kier molecular flexibility index (Phi) is 4.53. The van der Waals surface area contributed by atoms with E-state index < -0.39 is 0 Å². The number of amides is 1. The zero-order valence-corrected chi connectivity index (χ0v) is 10.7. The van der Waals surface area contributed by atoms with Crippen molar-refractivity contribution in [2.45, 2.75) is 34.1 Å². The zero-order chi connectivity index (χ0) is 12.1. The van der Waals surface area contributed by atoms with Crippen molar-refractivity contribution in [1.29, 1.82) is 0 Å². The van der Waals surface area contributed by atoms with Gasteiger partial charge >= 0.3 is 0 Å². The predicted molar refractivity (Wildman–Crippen MR) is 67.8 cm³/mol. The van der Waals surface area contributed by atoms with E-state index in [4.69, 9.17) is 0 Å². The quantitative estimate of drug-likeness (QED) is 0.762. The summed E-state index contributed by atoms with van der Waals surface area (Å²) in [5.41, 5.74) is 3.15. The van der Waals surface area contributed by atoms with Gasteiger partial charge in [0.1, 0.15) is 0 Å². The lowest BCUT2D eigenvalue weighted by Gasteiger charge is -2.20. The highest BCUT2D eigenvalue weighted by Gasteiger charge is 2.15. The number of aryl methyl sites for hydroxylation is 2. The van der Waals surface area contributed by atoms with E-state index in [9.17, 15) is 4.79 Å². The van der Waals surface area contributed by atoms with Crippen LogP contribution in [0.2, 0.25) is 0 Å². The van der Waals surface area contributed by atoms with Gasteiger partial charge in [-0.1, -0.05) is 24.6 Å². The first-order valence-corrected chi connectivity index (χ1v) is 6.02. The number of carbonyl (C=O) groups is 1. The maximum atomic E-state index is 12.3. The molecule has 1 aromatic rings. The van der Waals surface area contributed by atoms with Gasteiger partial charge in [0.05, 0.1) is 0 Å². The summed E-state index contributed by atoms with van der Waals surface area (Å²) in [6.07, 6.45) is 0.905. The lowest BCUT2D eigenvalue weighted by atomic mass is 10.0. The lowest BCUT2D eigenvalue weighted by molar-refractivity contribution is 0.0772. The zero-order valence-electron chi connectivity index (χ0n) is 10.7. The van der Waals surface area contributed by atoms with E-state index in [1.165, 1.54) is 0 Å². The summed E-state index contributed by atoms with van der Waals surface area (Å²) in [6.45, 7) is 9.69. The van der Waals surface area contributed by atoms with Crippen LogP contribution in [0, 0.1) is 6.92 Å². The molecule has 0 N–H and O–H groups in total. The van der Waals surface area contributed by atoms with Crippen molar-refractivity contribution in [1.82, 2.24) is 4.90 Å². The van der Waals surface area contributed by atoms with Crippen molar-refractivity contribution in [3.05, 3.63) is 34.9 Å². The van der Waals surface area contributed by atoms with Gasteiger partial charge in [0.25, 0.3) is 5.91 Å². The Bertz CT molecular complexity index is 367.